The van der Waals surface area contributed by atoms with Crippen LogP contribution >= 0.6 is 62.1 Å². The standard InChI is InChI=1S/C12H5BrCl3FO2S/c13-6-2-7(14)8(17)3-10(6)19-4-9(18)5-1-11(15)20-12(5)16/h1-3H,4H2. The first kappa shape index (κ1) is 16.0. The fourth-order valence-corrected chi connectivity index (χ4v) is 3.62. The Labute approximate surface area is 141 Å². The van der Waals surface area contributed by atoms with Crippen LogP contribution in [0.3, 0.4) is 0 Å². The Balaban J connectivity index is 2.11. The molecule has 0 amide bonds. The van der Waals surface area contributed by atoms with E-state index in [0.717, 1.165) is 17.4 Å². The SMILES string of the molecule is O=C(COc1cc(F)c(Cl)cc1Br)c1cc(Cl)sc1Cl. The topological polar surface area (TPSA) is 26.3 Å². The van der Waals surface area contributed by atoms with Crippen LogP contribution in [0.25, 0.3) is 0 Å². The molecule has 0 fully saturated rings. The minimum absolute atomic E-state index is 0.0387. The minimum Gasteiger partial charge on any atom is -0.484 e. The second-order valence-corrected chi connectivity index (χ2v) is 7.19. The lowest BCUT2D eigenvalue weighted by Crippen LogP contribution is -2.11. The zero-order chi connectivity index (χ0) is 14.9. The predicted octanol–water partition coefficient (Wildman–Crippen LogP) is 5.87. The normalized spacial score (nSPS) is 10.7. The maximum atomic E-state index is 13.3. The summed E-state index contributed by atoms with van der Waals surface area (Å²) < 4.78 is 19.7. The molecule has 2 rings (SSSR count). The Hall–Kier alpha value is -0.330. The van der Waals surface area contributed by atoms with Gasteiger partial charge in [0.05, 0.1) is 19.4 Å². The Morgan fingerprint density at radius 1 is 1.30 bits per heavy atom. The van der Waals surface area contributed by atoms with Crippen molar-refractivity contribution in [3.05, 3.63) is 47.7 Å². The van der Waals surface area contributed by atoms with Gasteiger partial charge >= 0.3 is 0 Å². The Morgan fingerprint density at radius 3 is 2.60 bits per heavy atom. The van der Waals surface area contributed by atoms with Crippen LogP contribution in [-0.2, 0) is 0 Å². The summed E-state index contributed by atoms with van der Waals surface area (Å²) in [7, 11) is 0. The molecule has 0 spiro atoms. The zero-order valence-electron chi connectivity index (χ0n) is 9.55. The summed E-state index contributed by atoms with van der Waals surface area (Å²) in [6.07, 6.45) is 0. The highest BCUT2D eigenvalue weighted by molar-refractivity contribution is 9.10. The number of halogens is 5. The van der Waals surface area contributed by atoms with Gasteiger partial charge in [0.15, 0.2) is 6.61 Å². The van der Waals surface area contributed by atoms with Crippen LogP contribution in [0.5, 0.6) is 5.75 Å². The molecule has 2 nitrogen and oxygen atoms in total. The molecular weight excluding hydrogens is 413 g/mol. The van der Waals surface area contributed by atoms with Crippen molar-refractivity contribution in [1.82, 2.24) is 0 Å². The lowest BCUT2D eigenvalue weighted by molar-refractivity contribution is 0.0921. The molecule has 0 atom stereocenters. The molecule has 8 heteroatoms. The van der Waals surface area contributed by atoms with Crippen molar-refractivity contribution in [2.75, 3.05) is 6.61 Å². The van der Waals surface area contributed by atoms with E-state index in [2.05, 4.69) is 15.9 Å². The van der Waals surface area contributed by atoms with Crippen molar-refractivity contribution >= 4 is 67.9 Å². The zero-order valence-corrected chi connectivity index (χ0v) is 14.2. The third-order valence-electron chi connectivity index (χ3n) is 2.29. The molecule has 0 saturated heterocycles. The van der Waals surface area contributed by atoms with Crippen molar-refractivity contribution in [3.63, 3.8) is 0 Å². The lowest BCUT2D eigenvalue weighted by Gasteiger charge is -2.08. The maximum Gasteiger partial charge on any atom is 0.202 e. The van der Waals surface area contributed by atoms with Crippen LogP contribution < -0.4 is 4.74 Å². The number of hydrogen-bond donors (Lipinski definition) is 0. The third-order valence-corrected chi connectivity index (χ3v) is 4.69. The van der Waals surface area contributed by atoms with Gasteiger partial charge in [-0.25, -0.2) is 4.39 Å². The molecule has 1 aromatic carbocycles. The minimum atomic E-state index is -0.631. The first-order valence-corrected chi connectivity index (χ1v) is 7.88. The third kappa shape index (κ3) is 3.65. The average molecular weight is 418 g/mol. The van der Waals surface area contributed by atoms with Gasteiger partial charge in [-0.1, -0.05) is 34.8 Å². The van der Waals surface area contributed by atoms with Gasteiger partial charge in [-0.3, -0.25) is 4.79 Å². The van der Waals surface area contributed by atoms with E-state index in [1.807, 2.05) is 0 Å². The number of ketones is 1. The molecule has 2 aromatic rings. The molecular formula is C12H5BrCl3FO2S. The highest BCUT2D eigenvalue weighted by Gasteiger charge is 2.16. The Kier molecular flexibility index (Phi) is 5.31. The van der Waals surface area contributed by atoms with E-state index in [4.69, 9.17) is 39.5 Å². The average Bonchev–Trinajstić information content (AvgIpc) is 2.71. The van der Waals surface area contributed by atoms with Gasteiger partial charge in [0, 0.05) is 6.07 Å². The highest BCUT2D eigenvalue weighted by atomic mass is 79.9. The highest BCUT2D eigenvalue weighted by Crippen LogP contribution is 2.33. The fourth-order valence-electron chi connectivity index (χ4n) is 1.37. The number of hydrogen-bond acceptors (Lipinski definition) is 3. The van der Waals surface area contributed by atoms with Crippen molar-refractivity contribution in [1.29, 1.82) is 0 Å². The summed E-state index contributed by atoms with van der Waals surface area (Å²) in [5.41, 5.74) is 0.284. The number of carbonyl (C=O) groups excluding carboxylic acids is 1. The Morgan fingerprint density at radius 2 is 2.00 bits per heavy atom. The fraction of sp³-hybridized carbons (Fsp3) is 0.0833. The van der Waals surface area contributed by atoms with Crippen molar-refractivity contribution in [2.45, 2.75) is 0 Å². The van der Waals surface area contributed by atoms with Gasteiger partial charge in [-0.05, 0) is 28.1 Å². The largest absolute Gasteiger partial charge is 0.484 e. The maximum absolute atomic E-state index is 13.3. The molecule has 1 aromatic heterocycles. The van der Waals surface area contributed by atoms with Gasteiger partial charge in [-0.2, -0.15) is 0 Å². The molecule has 0 unspecified atom stereocenters. The van der Waals surface area contributed by atoms with E-state index in [9.17, 15) is 9.18 Å². The molecule has 0 aliphatic rings. The molecule has 0 radical (unpaired) electrons. The van der Waals surface area contributed by atoms with Gasteiger partial charge < -0.3 is 4.74 Å². The summed E-state index contributed by atoms with van der Waals surface area (Å²) in [6.45, 7) is -0.285. The van der Waals surface area contributed by atoms with Gasteiger partial charge in [0.1, 0.15) is 15.9 Å². The van der Waals surface area contributed by atoms with Crippen LogP contribution in [0.15, 0.2) is 22.7 Å². The van der Waals surface area contributed by atoms with Crippen LogP contribution in [-0.4, -0.2) is 12.4 Å². The summed E-state index contributed by atoms with van der Waals surface area (Å²) in [5.74, 6) is -0.799. The molecule has 20 heavy (non-hydrogen) atoms. The van der Waals surface area contributed by atoms with E-state index in [0.29, 0.717) is 13.1 Å². The number of rotatable bonds is 4. The number of carbonyl (C=O) groups is 1. The number of Topliss-reactive ketones (excluding diaryl/α,β-unsaturated/α-hetero) is 1. The van der Waals surface area contributed by atoms with Crippen molar-refractivity contribution < 1.29 is 13.9 Å². The lowest BCUT2D eigenvalue weighted by atomic mass is 10.2. The second kappa shape index (κ2) is 6.62. The first-order chi connectivity index (χ1) is 9.38. The van der Waals surface area contributed by atoms with Gasteiger partial charge in [0.25, 0.3) is 0 Å². The molecule has 1 heterocycles. The first-order valence-electron chi connectivity index (χ1n) is 5.14. The van der Waals surface area contributed by atoms with E-state index >= 15 is 0 Å². The number of benzene rings is 1. The van der Waals surface area contributed by atoms with E-state index in [1.54, 1.807) is 0 Å². The van der Waals surface area contributed by atoms with E-state index < -0.39 is 5.82 Å². The second-order valence-electron chi connectivity index (χ2n) is 3.65. The van der Waals surface area contributed by atoms with Crippen LogP contribution in [0.1, 0.15) is 10.4 Å². The Bertz CT molecular complexity index is 675. The molecule has 0 bridgehead atoms. The van der Waals surface area contributed by atoms with Crippen molar-refractivity contribution in [3.8, 4) is 5.75 Å². The van der Waals surface area contributed by atoms with Crippen LogP contribution in [0.2, 0.25) is 13.7 Å². The van der Waals surface area contributed by atoms with E-state index in [1.165, 1.54) is 12.1 Å². The summed E-state index contributed by atoms with van der Waals surface area (Å²) >= 11 is 21.5. The van der Waals surface area contributed by atoms with Gasteiger partial charge in [-0.15, -0.1) is 11.3 Å². The van der Waals surface area contributed by atoms with Gasteiger partial charge in [0.2, 0.25) is 5.78 Å². The number of ether oxygens (including phenoxy) is 1. The molecule has 0 aliphatic heterocycles. The summed E-state index contributed by atoms with van der Waals surface area (Å²) in [5, 5.41) is -0.0387. The van der Waals surface area contributed by atoms with E-state index in [-0.39, 0.29) is 28.7 Å². The predicted molar refractivity (Wildman–Crippen MR) is 83.3 cm³/mol. The molecule has 0 saturated carbocycles. The molecule has 0 aliphatic carbocycles. The molecule has 0 N–H and O–H groups in total. The quantitative estimate of drug-likeness (QED) is 0.458. The van der Waals surface area contributed by atoms with Crippen molar-refractivity contribution in [2.24, 2.45) is 0 Å². The smallest absolute Gasteiger partial charge is 0.202 e. The van der Waals surface area contributed by atoms with Crippen LogP contribution in [0, 0.1) is 5.82 Å². The van der Waals surface area contributed by atoms with Crippen LogP contribution in [0.4, 0.5) is 4.39 Å². The number of thiophene rings is 1. The monoisotopic (exact) mass is 416 g/mol. The summed E-state index contributed by atoms with van der Waals surface area (Å²) in [6, 6.07) is 3.92. The molecule has 106 valence electrons. The summed E-state index contributed by atoms with van der Waals surface area (Å²) in [4.78, 5) is 11.9.